The highest BCUT2D eigenvalue weighted by atomic mass is 16.5. The molecule has 3 rings (SSSR count). The van der Waals surface area contributed by atoms with Crippen LogP contribution < -0.4 is 4.74 Å². The molecule has 1 unspecified atom stereocenters. The van der Waals surface area contributed by atoms with Gasteiger partial charge in [-0.25, -0.2) is 0 Å². The minimum Gasteiger partial charge on any atom is -0.482 e. The quantitative estimate of drug-likeness (QED) is 0.712. The minimum absolute atomic E-state index is 0.0733. The first-order chi connectivity index (χ1) is 11.1. The van der Waals surface area contributed by atoms with E-state index < -0.39 is 6.04 Å². The summed E-state index contributed by atoms with van der Waals surface area (Å²) in [6.07, 6.45) is 3.15. The van der Waals surface area contributed by atoms with Crippen molar-refractivity contribution in [2.45, 2.75) is 6.04 Å². The molecule has 0 spiro atoms. The fourth-order valence-electron chi connectivity index (χ4n) is 2.81. The van der Waals surface area contributed by atoms with Crippen molar-refractivity contribution in [3.05, 3.63) is 24.5 Å². The van der Waals surface area contributed by atoms with Gasteiger partial charge < -0.3 is 19.4 Å². The number of ether oxygens (including phenoxy) is 1. The van der Waals surface area contributed by atoms with Crippen LogP contribution >= 0.6 is 0 Å². The Morgan fingerprint density at radius 1 is 1.39 bits per heavy atom. The Morgan fingerprint density at radius 2 is 2.22 bits per heavy atom. The molecule has 0 radical (unpaired) electrons. The molecule has 2 aliphatic heterocycles. The van der Waals surface area contributed by atoms with Crippen LogP contribution in [0.3, 0.4) is 0 Å². The molecule has 1 atom stereocenters. The molecule has 2 aliphatic rings. The summed E-state index contributed by atoms with van der Waals surface area (Å²) in [5.41, 5.74) is 0. The van der Waals surface area contributed by atoms with Gasteiger partial charge in [-0.3, -0.25) is 19.4 Å². The predicted octanol–water partition coefficient (Wildman–Crippen LogP) is -1.03. The normalized spacial score (nSPS) is 21.3. The maximum Gasteiger partial charge on any atom is 0.260 e. The van der Waals surface area contributed by atoms with Crippen LogP contribution in [0.5, 0.6) is 5.75 Å². The zero-order valence-corrected chi connectivity index (χ0v) is 12.8. The van der Waals surface area contributed by atoms with Gasteiger partial charge in [0.15, 0.2) is 6.61 Å². The Balaban J connectivity index is 1.60. The fraction of sp³-hybridized carbons (Fsp3) is 0.467. The number of fused-ring (bicyclic) bond motifs is 1. The SMILES string of the molecule is CN1CC(=O)N2CCN(C(=O)COc3cccnc3)CC2C1=O. The van der Waals surface area contributed by atoms with Crippen LogP contribution in [0.4, 0.5) is 0 Å². The molecule has 1 aromatic heterocycles. The first kappa shape index (κ1) is 15.3. The molecule has 0 aromatic carbocycles. The topological polar surface area (TPSA) is 83.1 Å². The number of hydrogen-bond acceptors (Lipinski definition) is 5. The molecule has 0 saturated carbocycles. The highest BCUT2D eigenvalue weighted by Gasteiger charge is 2.42. The summed E-state index contributed by atoms with van der Waals surface area (Å²) in [7, 11) is 1.60. The van der Waals surface area contributed by atoms with Crippen LogP contribution in [0.1, 0.15) is 0 Å². The predicted molar refractivity (Wildman–Crippen MR) is 79.5 cm³/mol. The summed E-state index contributed by atoms with van der Waals surface area (Å²) >= 11 is 0. The number of pyridine rings is 1. The lowest BCUT2D eigenvalue weighted by atomic mass is 10.1. The van der Waals surface area contributed by atoms with Gasteiger partial charge in [0, 0.05) is 26.3 Å². The summed E-state index contributed by atoms with van der Waals surface area (Å²) in [5, 5.41) is 0. The molecule has 1 aromatic rings. The van der Waals surface area contributed by atoms with Gasteiger partial charge in [0.05, 0.1) is 19.3 Å². The van der Waals surface area contributed by atoms with Gasteiger partial charge in [0.25, 0.3) is 5.91 Å². The van der Waals surface area contributed by atoms with Crippen LogP contribution in [0.25, 0.3) is 0 Å². The smallest absolute Gasteiger partial charge is 0.260 e. The van der Waals surface area contributed by atoms with Crippen LogP contribution in [0, 0.1) is 0 Å². The van der Waals surface area contributed by atoms with E-state index in [1.807, 2.05) is 0 Å². The third-order valence-corrected chi connectivity index (χ3v) is 4.08. The van der Waals surface area contributed by atoms with E-state index in [1.54, 1.807) is 35.2 Å². The van der Waals surface area contributed by atoms with Crippen molar-refractivity contribution in [1.82, 2.24) is 19.7 Å². The molecule has 122 valence electrons. The van der Waals surface area contributed by atoms with Crippen molar-refractivity contribution < 1.29 is 19.1 Å². The van der Waals surface area contributed by atoms with Crippen molar-refractivity contribution in [3.63, 3.8) is 0 Å². The van der Waals surface area contributed by atoms with Crippen LogP contribution in [-0.4, -0.2) is 83.3 Å². The van der Waals surface area contributed by atoms with Gasteiger partial charge in [0.2, 0.25) is 11.8 Å². The molecule has 3 amide bonds. The number of carbonyl (C=O) groups is 3. The second-order valence-corrected chi connectivity index (χ2v) is 5.61. The first-order valence-electron chi connectivity index (χ1n) is 7.41. The van der Waals surface area contributed by atoms with E-state index in [1.165, 1.54) is 11.1 Å². The largest absolute Gasteiger partial charge is 0.482 e. The standard InChI is InChI=1S/C15H18N4O4/c1-17-9-13(20)19-6-5-18(8-12(19)15(17)22)14(21)10-23-11-3-2-4-16-7-11/h2-4,7,12H,5-6,8-10H2,1H3. The molecule has 2 saturated heterocycles. The van der Waals surface area contributed by atoms with Crippen molar-refractivity contribution in [2.24, 2.45) is 0 Å². The number of likely N-dealkylation sites (N-methyl/N-ethyl adjacent to an activating group) is 1. The van der Waals surface area contributed by atoms with Crippen molar-refractivity contribution in [1.29, 1.82) is 0 Å². The van der Waals surface area contributed by atoms with E-state index in [2.05, 4.69) is 4.98 Å². The van der Waals surface area contributed by atoms with Gasteiger partial charge in [-0.05, 0) is 12.1 Å². The minimum atomic E-state index is -0.586. The number of piperazine rings is 2. The van der Waals surface area contributed by atoms with Crippen LogP contribution in [0.15, 0.2) is 24.5 Å². The average molecular weight is 318 g/mol. The molecule has 8 nitrogen and oxygen atoms in total. The average Bonchev–Trinajstić information content (AvgIpc) is 2.58. The van der Waals surface area contributed by atoms with Crippen LogP contribution in [-0.2, 0) is 14.4 Å². The summed E-state index contributed by atoms with van der Waals surface area (Å²) in [6.45, 7) is 0.990. The first-order valence-corrected chi connectivity index (χ1v) is 7.41. The molecule has 0 N–H and O–H groups in total. The maximum atomic E-state index is 12.3. The van der Waals surface area contributed by atoms with Gasteiger partial charge >= 0.3 is 0 Å². The third kappa shape index (κ3) is 3.10. The summed E-state index contributed by atoms with van der Waals surface area (Å²) < 4.78 is 5.40. The Labute approximate surface area is 133 Å². The molecule has 3 heterocycles. The molecule has 23 heavy (non-hydrogen) atoms. The van der Waals surface area contributed by atoms with E-state index in [-0.39, 0.29) is 37.4 Å². The zero-order valence-electron chi connectivity index (χ0n) is 12.8. The Hall–Kier alpha value is -2.64. The highest BCUT2D eigenvalue weighted by Crippen LogP contribution is 2.17. The van der Waals surface area contributed by atoms with Gasteiger partial charge in [-0.15, -0.1) is 0 Å². The molecule has 8 heteroatoms. The molecule has 0 bridgehead atoms. The lowest BCUT2D eigenvalue weighted by molar-refractivity contribution is -0.160. The van der Waals surface area contributed by atoms with E-state index >= 15 is 0 Å². The number of carbonyl (C=O) groups excluding carboxylic acids is 3. The number of hydrogen-bond donors (Lipinski definition) is 0. The maximum absolute atomic E-state index is 12.3. The second-order valence-electron chi connectivity index (χ2n) is 5.61. The number of amides is 3. The van der Waals surface area contributed by atoms with Crippen LogP contribution in [0.2, 0.25) is 0 Å². The van der Waals surface area contributed by atoms with Gasteiger partial charge in [0.1, 0.15) is 11.8 Å². The lowest BCUT2D eigenvalue weighted by Crippen LogP contribution is -2.67. The Kier molecular flexibility index (Phi) is 4.14. The zero-order chi connectivity index (χ0) is 16.4. The number of rotatable bonds is 3. The Bertz CT molecular complexity index is 621. The summed E-state index contributed by atoms with van der Waals surface area (Å²) in [6, 6.07) is 2.86. The molecule has 0 aliphatic carbocycles. The molecular formula is C15H18N4O4. The highest BCUT2D eigenvalue weighted by molar-refractivity contribution is 5.95. The lowest BCUT2D eigenvalue weighted by Gasteiger charge is -2.45. The number of aromatic nitrogens is 1. The second kappa shape index (κ2) is 6.23. The summed E-state index contributed by atoms with van der Waals surface area (Å²) in [5.74, 6) is 0.108. The van der Waals surface area contributed by atoms with Crippen molar-refractivity contribution in [3.8, 4) is 5.75 Å². The number of nitrogens with zero attached hydrogens (tertiary/aromatic N) is 4. The van der Waals surface area contributed by atoms with E-state index in [4.69, 9.17) is 4.74 Å². The van der Waals surface area contributed by atoms with Crippen molar-refractivity contribution in [2.75, 3.05) is 39.8 Å². The fourth-order valence-corrected chi connectivity index (χ4v) is 2.81. The van der Waals surface area contributed by atoms with Gasteiger partial charge in [-0.2, -0.15) is 0 Å². The van der Waals surface area contributed by atoms with E-state index in [9.17, 15) is 14.4 Å². The summed E-state index contributed by atoms with van der Waals surface area (Å²) in [4.78, 5) is 44.9. The monoisotopic (exact) mass is 318 g/mol. The van der Waals surface area contributed by atoms with E-state index in [0.717, 1.165) is 0 Å². The van der Waals surface area contributed by atoms with Crippen molar-refractivity contribution >= 4 is 17.7 Å². The third-order valence-electron chi connectivity index (χ3n) is 4.08. The molecule has 2 fully saturated rings. The Morgan fingerprint density at radius 3 is 2.96 bits per heavy atom. The molecular weight excluding hydrogens is 300 g/mol. The van der Waals surface area contributed by atoms with E-state index in [0.29, 0.717) is 18.8 Å². The van der Waals surface area contributed by atoms with Gasteiger partial charge in [-0.1, -0.05) is 0 Å².